The number of aromatic nitrogens is 1. The van der Waals surface area contributed by atoms with Crippen molar-refractivity contribution in [2.45, 2.75) is 6.54 Å². The quantitative estimate of drug-likeness (QED) is 0.880. The molecule has 0 radical (unpaired) electrons. The molecule has 0 atom stereocenters. The standard InChI is InChI=1S/C11H9NO3S/c13-10-4-3-8(9-2-1-5-16-9)6-12(10)7-11(14)15/h1-6H,7H2,(H,14,15). The molecule has 0 saturated heterocycles. The Hall–Kier alpha value is -1.88. The molecule has 2 rings (SSSR count). The Morgan fingerprint density at radius 2 is 2.19 bits per heavy atom. The molecule has 4 nitrogen and oxygen atoms in total. The van der Waals surface area contributed by atoms with Crippen LogP contribution in [-0.2, 0) is 11.3 Å². The SMILES string of the molecule is O=C(O)Cn1cc(-c2cccs2)ccc1=O. The summed E-state index contributed by atoms with van der Waals surface area (Å²) in [4.78, 5) is 23.0. The Kier molecular flexibility index (Phi) is 2.87. The van der Waals surface area contributed by atoms with Crippen molar-refractivity contribution in [2.24, 2.45) is 0 Å². The minimum atomic E-state index is -1.02. The van der Waals surface area contributed by atoms with Crippen molar-refractivity contribution < 1.29 is 9.90 Å². The van der Waals surface area contributed by atoms with Crippen LogP contribution in [0.25, 0.3) is 10.4 Å². The third-order valence-electron chi connectivity index (χ3n) is 2.09. The fourth-order valence-electron chi connectivity index (χ4n) is 1.39. The Morgan fingerprint density at radius 1 is 1.38 bits per heavy atom. The van der Waals surface area contributed by atoms with Crippen LogP contribution in [-0.4, -0.2) is 15.6 Å². The molecular formula is C11H9NO3S. The van der Waals surface area contributed by atoms with E-state index in [0.29, 0.717) is 0 Å². The summed E-state index contributed by atoms with van der Waals surface area (Å²) in [5.74, 6) is -1.02. The van der Waals surface area contributed by atoms with E-state index in [1.807, 2.05) is 17.5 Å². The summed E-state index contributed by atoms with van der Waals surface area (Å²) < 4.78 is 1.19. The number of carboxylic acid groups (broad SMARTS) is 1. The van der Waals surface area contributed by atoms with Crippen molar-refractivity contribution >= 4 is 17.3 Å². The smallest absolute Gasteiger partial charge is 0.323 e. The van der Waals surface area contributed by atoms with Gasteiger partial charge in [-0.2, -0.15) is 0 Å². The lowest BCUT2D eigenvalue weighted by Crippen LogP contribution is -2.22. The molecule has 2 aromatic rings. The fourth-order valence-corrected chi connectivity index (χ4v) is 2.11. The monoisotopic (exact) mass is 235 g/mol. The van der Waals surface area contributed by atoms with Gasteiger partial charge in [0.15, 0.2) is 0 Å². The number of thiophene rings is 1. The van der Waals surface area contributed by atoms with Crippen molar-refractivity contribution in [3.8, 4) is 10.4 Å². The second-order valence-electron chi connectivity index (χ2n) is 3.25. The maximum atomic E-state index is 11.4. The zero-order valence-electron chi connectivity index (χ0n) is 8.29. The lowest BCUT2D eigenvalue weighted by molar-refractivity contribution is -0.137. The molecule has 5 heteroatoms. The highest BCUT2D eigenvalue weighted by atomic mass is 32.1. The van der Waals surface area contributed by atoms with Gasteiger partial charge in [-0.15, -0.1) is 11.3 Å². The van der Waals surface area contributed by atoms with Gasteiger partial charge in [-0.25, -0.2) is 0 Å². The topological polar surface area (TPSA) is 59.3 Å². The minimum Gasteiger partial charge on any atom is -0.480 e. The Bertz CT molecular complexity index is 557. The number of carbonyl (C=O) groups is 1. The number of hydrogen-bond acceptors (Lipinski definition) is 3. The number of hydrogen-bond donors (Lipinski definition) is 1. The first kappa shape index (κ1) is 10.6. The van der Waals surface area contributed by atoms with E-state index >= 15 is 0 Å². The lowest BCUT2D eigenvalue weighted by Gasteiger charge is -2.04. The molecule has 16 heavy (non-hydrogen) atoms. The van der Waals surface area contributed by atoms with E-state index in [1.54, 1.807) is 23.6 Å². The van der Waals surface area contributed by atoms with Crippen LogP contribution < -0.4 is 5.56 Å². The van der Waals surface area contributed by atoms with Gasteiger partial charge in [0.25, 0.3) is 5.56 Å². The van der Waals surface area contributed by atoms with Crippen LogP contribution in [0.3, 0.4) is 0 Å². The summed E-state index contributed by atoms with van der Waals surface area (Å²) in [5.41, 5.74) is 0.554. The molecule has 0 aliphatic heterocycles. The summed E-state index contributed by atoms with van der Waals surface area (Å²) in [5, 5.41) is 10.6. The van der Waals surface area contributed by atoms with Crippen LogP contribution in [0.15, 0.2) is 40.6 Å². The van der Waals surface area contributed by atoms with Crippen LogP contribution in [0.2, 0.25) is 0 Å². The second-order valence-corrected chi connectivity index (χ2v) is 4.20. The van der Waals surface area contributed by atoms with Crippen molar-refractivity contribution in [1.29, 1.82) is 0 Å². The maximum Gasteiger partial charge on any atom is 0.323 e. The Balaban J connectivity index is 2.43. The molecule has 2 heterocycles. The minimum absolute atomic E-state index is 0.303. The van der Waals surface area contributed by atoms with Crippen molar-refractivity contribution in [1.82, 2.24) is 4.57 Å². The normalized spacial score (nSPS) is 10.2. The zero-order valence-corrected chi connectivity index (χ0v) is 9.11. The van der Waals surface area contributed by atoms with Crippen LogP contribution >= 0.6 is 11.3 Å². The summed E-state index contributed by atoms with van der Waals surface area (Å²) in [6, 6.07) is 6.92. The highest BCUT2D eigenvalue weighted by Gasteiger charge is 2.04. The number of carboxylic acids is 1. The van der Waals surface area contributed by atoms with E-state index < -0.39 is 5.97 Å². The van der Waals surface area contributed by atoms with Crippen molar-refractivity contribution in [3.63, 3.8) is 0 Å². The Labute approximate surface area is 95.4 Å². The van der Waals surface area contributed by atoms with Crippen molar-refractivity contribution in [3.05, 3.63) is 46.2 Å². The van der Waals surface area contributed by atoms with Gasteiger partial charge in [-0.05, 0) is 17.5 Å². The van der Waals surface area contributed by atoms with Gasteiger partial charge in [0.2, 0.25) is 0 Å². The van der Waals surface area contributed by atoms with E-state index in [1.165, 1.54) is 10.6 Å². The van der Waals surface area contributed by atoms with Crippen LogP contribution in [0.5, 0.6) is 0 Å². The van der Waals surface area contributed by atoms with Gasteiger partial charge in [0, 0.05) is 22.7 Å². The highest BCUT2D eigenvalue weighted by molar-refractivity contribution is 7.13. The van der Waals surface area contributed by atoms with E-state index in [-0.39, 0.29) is 12.1 Å². The molecule has 0 saturated carbocycles. The lowest BCUT2D eigenvalue weighted by atomic mass is 10.2. The van der Waals surface area contributed by atoms with Gasteiger partial charge >= 0.3 is 5.97 Å². The molecule has 82 valence electrons. The van der Waals surface area contributed by atoms with Crippen molar-refractivity contribution in [2.75, 3.05) is 0 Å². The van der Waals surface area contributed by atoms with Crippen LogP contribution in [0, 0.1) is 0 Å². The summed E-state index contributed by atoms with van der Waals surface area (Å²) >= 11 is 1.55. The first-order valence-corrected chi connectivity index (χ1v) is 5.51. The molecule has 0 aliphatic carbocycles. The average molecular weight is 235 g/mol. The predicted octanol–water partition coefficient (Wildman–Crippen LogP) is 1.66. The van der Waals surface area contributed by atoms with Crippen LogP contribution in [0.4, 0.5) is 0 Å². The van der Waals surface area contributed by atoms with E-state index in [2.05, 4.69) is 0 Å². The number of pyridine rings is 1. The largest absolute Gasteiger partial charge is 0.480 e. The van der Waals surface area contributed by atoms with E-state index in [4.69, 9.17) is 5.11 Å². The van der Waals surface area contributed by atoms with Gasteiger partial charge in [-0.1, -0.05) is 6.07 Å². The summed E-state index contributed by atoms with van der Waals surface area (Å²) in [7, 11) is 0. The Morgan fingerprint density at radius 3 is 2.81 bits per heavy atom. The molecule has 0 amide bonds. The molecule has 0 bridgehead atoms. The number of nitrogens with zero attached hydrogens (tertiary/aromatic N) is 1. The molecule has 0 aliphatic rings. The first-order valence-electron chi connectivity index (χ1n) is 4.63. The predicted molar refractivity (Wildman–Crippen MR) is 61.7 cm³/mol. The number of rotatable bonds is 3. The third kappa shape index (κ3) is 2.20. The molecule has 0 aromatic carbocycles. The summed E-state index contributed by atoms with van der Waals surface area (Å²) in [6.07, 6.45) is 1.57. The second kappa shape index (κ2) is 4.32. The summed E-state index contributed by atoms with van der Waals surface area (Å²) in [6.45, 7) is -0.307. The number of aliphatic carboxylic acids is 1. The average Bonchev–Trinajstić information content (AvgIpc) is 2.73. The van der Waals surface area contributed by atoms with Gasteiger partial charge < -0.3 is 9.67 Å². The molecule has 0 unspecified atom stereocenters. The molecule has 1 N–H and O–H groups in total. The molecule has 2 aromatic heterocycles. The highest BCUT2D eigenvalue weighted by Crippen LogP contribution is 2.22. The molecular weight excluding hydrogens is 226 g/mol. The molecule has 0 fully saturated rings. The van der Waals surface area contributed by atoms with Gasteiger partial charge in [0.1, 0.15) is 6.54 Å². The van der Waals surface area contributed by atoms with Gasteiger partial charge in [0.05, 0.1) is 0 Å². The van der Waals surface area contributed by atoms with Crippen LogP contribution in [0.1, 0.15) is 0 Å². The first-order chi connectivity index (χ1) is 7.66. The molecule has 0 spiro atoms. The van der Waals surface area contributed by atoms with Gasteiger partial charge in [-0.3, -0.25) is 9.59 Å². The third-order valence-corrected chi connectivity index (χ3v) is 3.01. The maximum absolute atomic E-state index is 11.4. The van der Waals surface area contributed by atoms with E-state index in [0.717, 1.165) is 10.4 Å². The fraction of sp³-hybridized carbons (Fsp3) is 0.0909. The zero-order chi connectivity index (χ0) is 11.5. The van der Waals surface area contributed by atoms with E-state index in [9.17, 15) is 9.59 Å².